The fourth-order valence-corrected chi connectivity index (χ4v) is 3.75. The van der Waals surface area contributed by atoms with Crippen molar-refractivity contribution in [1.82, 2.24) is 14.8 Å². The molecule has 1 aromatic carbocycles. The predicted molar refractivity (Wildman–Crippen MR) is 103 cm³/mol. The van der Waals surface area contributed by atoms with Crippen molar-refractivity contribution in [2.45, 2.75) is 50.6 Å². The van der Waals surface area contributed by atoms with Gasteiger partial charge < -0.3 is 4.42 Å². The Morgan fingerprint density at radius 2 is 1.76 bits per heavy atom. The van der Waals surface area contributed by atoms with E-state index in [1.54, 1.807) is 24.3 Å². The molecule has 0 aliphatic carbocycles. The molecule has 0 saturated heterocycles. The summed E-state index contributed by atoms with van der Waals surface area (Å²) >= 11 is 1.77. The third kappa shape index (κ3) is 4.75. The van der Waals surface area contributed by atoms with Crippen LogP contribution in [0.1, 0.15) is 45.4 Å². The lowest BCUT2D eigenvalue weighted by molar-refractivity contribution is 0.565. The van der Waals surface area contributed by atoms with E-state index in [1.165, 1.54) is 38.5 Å². The number of benzene rings is 1. The summed E-state index contributed by atoms with van der Waals surface area (Å²) in [4.78, 5) is 0. The van der Waals surface area contributed by atoms with Crippen LogP contribution in [0, 0.1) is 0 Å². The molecule has 0 amide bonds. The van der Waals surface area contributed by atoms with Crippen LogP contribution in [-0.4, -0.2) is 20.5 Å². The molecule has 132 valence electrons. The topological polar surface area (TPSA) is 43.9 Å². The molecule has 2 aromatic heterocycles. The maximum absolute atomic E-state index is 5.28. The summed E-state index contributed by atoms with van der Waals surface area (Å²) in [7, 11) is 0. The second-order valence-corrected chi connectivity index (χ2v) is 7.17. The van der Waals surface area contributed by atoms with E-state index in [0.29, 0.717) is 0 Å². The van der Waals surface area contributed by atoms with Crippen LogP contribution in [0.15, 0.2) is 58.5 Å². The van der Waals surface area contributed by atoms with Gasteiger partial charge in [0.25, 0.3) is 0 Å². The van der Waals surface area contributed by atoms with Crippen molar-refractivity contribution in [3.63, 3.8) is 0 Å². The Bertz CT molecular complexity index is 738. The lowest BCUT2D eigenvalue weighted by Crippen LogP contribution is -1.98. The van der Waals surface area contributed by atoms with E-state index in [4.69, 9.17) is 4.42 Å². The second kappa shape index (κ2) is 9.47. The molecule has 0 unspecified atom stereocenters. The number of thioether (sulfide) groups is 1. The van der Waals surface area contributed by atoms with Crippen molar-refractivity contribution in [3.05, 3.63) is 48.9 Å². The first-order chi connectivity index (χ1) is 12.4. The fraction of sp³-hybridized carbons (Fsp3) is 0.400. The lowest BCUT2D eigenvalue weighted by atomic mass is 10.1. The highest BCUT2D eigenvalue weighted by atomic mass is 32.2. The molecule has 0 bridgehead atoms. The molecule has 3 aromatic rings. The van der Waals surface area contributed by atoms with E-state index in [-0.39, 0.29) is 0 Å². The van der Waals surface area contributed by atoms with Crippen LogP contribution >= 0.6 is 11.8 Å². The van der Waals surface area contributed by atoms with Crippen LogP contribution in [0.2, 0.25) is 0 Å². The maximum Gasteiger partial charge on any atom is 0.196 e. The maximum atomic E-state index is 5.28. The molecule has 25 heavy (non-hydrogen) atoms. The molecule has 0 atom stereocenters. The monoisotopic (exact) mass is 355 g/mol. The van der Waals surface area contributed by atoms with Gasteiger partial charge in [0.05, 0.1) is 12.0 Å². The van der Waals surface area contributed by atoms with Crippen LogP contribution in [0.3, 0.4) is 0 Å². The van der Waals surface area contributed by atoms with Crippen molar-refractivity contribution in [3.8, 4) is 17.1 Å². The molecule has 5 heteroatoms. The van der Waals surface area contributed by atoms with Gasteiger partial charge in [-0.2, -0.15) is 0 Å². The first-order valence-corrected chi connectivity index (χ1v) is 10.0. The van der Waals surface area contributed by atoms with Crippen LogP contribution in [0.4, 0.5) is 0 Å². The number of aromatic nitrogens is 3. The molecule has 0 fully saturated rings. The molecule has 3 rings (SSSR count). The molecular formula is C20H25N3OS. The zero-order chi connectivity index (χ0) is 17.3. The number of unbranched alkanes of at least 4 members (excludes halogenated alkanes) is 5. The van der Waals surface area contributed by atoms with E-state index in [9.17, 15) is 0 Å². The van der Waals surface area contributed by atoms with Crippen LogP contribution in [-0.2, 0) is 0 Å². The predicted octanol–water partition coefficient (Wildman–Crippen LogP) is 5.98. The Morgan fingerprint density at radius 3 is 2.52 bits per heavy atom. The van der Waals surface area contributed by atoms with E-state index >= 15 is 0 Å². The molecule has 0 aliphatic rings. The molecule has 2 heterocycles. The Balaban J connectivity index is 1.69. The number of hydrogen-bond acceptors (Lipinski definition) is 4. The molecule has 0 N–H and O–H groups in total. The molecule has 0 radical (unpaired) electrons. The van der Waals surface area contributed by atoms with Crippen LogP contribution in [0.5, 0.6) is 0 Å². The van der Waals surface area contributed by atoms with Gasteiger partial charge in [-0.3, -0.25) is 4.57 Å². The zero-order valence-electron chi connectivity index (χ0n) is 14.7. The van der Waals surface area contributed by atoms with Gasteiger partial charge in [-0.1, -0.05) is 81.1 Å². The summed E-state index contributed by atoms with van der Waals surface area (Å²) in [5.41, 5.74) is 2.02. The third-order valence-corrected chi connectivity index (χ3v) is 5.17. The number of rotatable bonds is 10. The molecule has 0 spiro atoms. The van der Waals surface area contributed by atoms with Crippen molar-refractivity contribution in [1.29, 1.82) is 0 Å². The number of furan rings is 1. The van der Waals surface area contributed by atoms with E-state index in [1.807, 2.05) is 24.3 Å². The lowest BCUT2D eigenvalue weighted by Gasteiger charge is -2.07. The standard InChI is InChI=1S/C20H25N3OS/c1-2-3-4-5-6-10-15-25-20-22-21-19(17-11-8-7-9-12-17)23(20)18-13-14-24-16-18/h7-9,11-14,16H,2-6,10,15H2,1H3. The Kier molecular flexibility index (Phi) is 6.74. The summed E-state index contributed by atoms with van der Waals surface area (Å²) in [6.45, 7) is 2.25. The number of nitrogens with zero attached hydrogens (tertiary/aromatic N) is 3. The minimum atomic E-state index is 0.854. The SMILES string of the molecule is CCCCCCCCSc1nnc(-c2ccccc2)n1-c1ccoc1. The smallest absolute Gasteiger partial charge is 0.196 e. The van der Waals surface area contributed by atoms with Crippen molar-refractivity contribution < 1.29 is 4.42 Å². The van der Waals surface area contributed by atoms with Gasteiger partial charge in [-0.25, -0.2) is 0 Å². The largest absolute Gasteiger partial charge is 0.470 e. The minimum absolute atomic E-state index is 0.854. The molecule has 0 saturated carbocycles. The highest BCUT2D eigenvalue weighted by Gasteiger charge is 2.16. The van der Waals surface area contributed by atoms with Gasteiger partial charge in [0, 0.05) is 17.4 Å². The van der Waals surface area contributed by atoms with Gasteiger partial charge >= 0.3 is 0 Å². The normalized spacial score (nSPS) is 11.1. The first-order valence-electron chi connectivity index (χ1n) is 9.06. The summed E-state index contributed by atoms with van der Waals surface area (Å²) in [6.07, 6.45) is 11.3. The number of hydrogen-bond donors (Lipinski definition) is 0. The first kappa shape index (κ1) is 17.8. The van der Waals surface area contributed by atoms with E-state index in [0.717, 1.165) is 28.0 Å². The Morgan fingerprint density at radius 1 is 0.960 bits per heavy atom. The van der Waals surface area contributed by atoms with Gasteiger partial charge in [-0.15, -0.1) is 10.2 Å². The van der Waals surface area contributed by atoms with E-state index in [2.05, 4.69) is 33.8 Å². The highest BCUT2D eigenvalue weighted by molar-refractivity contribution is 7.99. The third-order valence-electron chi connectivity index (χ3n) is 4.16. The quantitative estimate of drug-likeness (QED) is 0.331. The molecule has 0 aliphatic heterocycles. The Labute approximate surface area is 153 Å². The minimum Gasteiger partial charge on any atom is -0.470 e. The van der Waals surface area contributed by atoms with Crippen LogP contribution < -0.4 is 0 Å². The van der Waals surface area contributed by atoms with Gasteiger partial charge in [0.15, 0.2) is 11.0 Å². The van der Waals surface area contributed by atoms with Gasteiger partial charge in [0.2, 0.25) is 0 Å². The summed E-state index contributed by atoms with van der Waals surface area (Å²) < 4.78 is 7.36. The van der Waals surface area contributed by atoms with Gasteiger partial charge in [-0.05, 0) is 6.42 Å². The summed E-state index contributed by atoms with van der Waals surface area (Å²) in [6, 6.07) is 12.1. The van der Waals surface area contributed by atoms with Crippen LogP contribution in [0.25, 0.3) is 17.1 Å². The highest BCUT2D eigenvalue weighted by Crippen LogP contribution is 2.28. The van der Waals surface area contributed by atoms with Crippen molar-refractivity contribution in [2.24, 2.45) is 0 Å². The van der Waals surface area contributed by atoms with Gasteiger partial charge in [0.1, 0.15) is 6.26 Å². The summed E-state index contributed by atoms with van der Waals surface area (Å²) in [5.74, 6) is 1.92. The molecule has 4 nitrogen and oxygen atoms in total. The average molecular weight is 356 g/mol. The molecular weight excluding hydrogens is 330 g/mol. The second-order valence-electron chi connectivity index (χ2n) is 6.11. The Hall–Kier alpha value is -2.01. The van der Waals surface area contributed by atoms with Crippen molar-refractivity contribution >= 4 is 11.8 Å². The zero-order valence-corrected chi connectivity index (χ0v) is 15.5. The fourth-order valence-electron chi connectivity index (χ4n) is 2.80. The average Bonchev–Trinajstić information content (AvgIpc) is 3.31. The van der Waals surface area contributed by atoms with Crippen molar-refractivity contribution in [2.75, 3.05) is 5.75 Å². The van der Waals surface area contributed by atoms with E-state index < -0.39 is 0 Å². The summed E-state index contributed by atoms with van der Waals surface area (Å²) in [5, 5.41) is 9.79.